The first-order valence-corrected chi connectivity index (χ1v) is 5.20. The number of ether oxygens (including phenoxy) is 2. The molecule has 90 valence electrons. The summed E-state index contributed by atoms with van der Waals surface area (Å²) < 4.78 is 9.54. The van der Waals surface area contributed by atoms with E-state index in [0.717, 1.165) is 19.6 Å². The molecule has 0 aromatic heterocycles. The molecule has 0 aromatic carbocycles. The smallest absolute Gasteiger partial charge is 0.322 e. The minimum atomic E-state index is -0.522. The monoisotopic (exact) mass is 218 g/mol. The molecule has 0 bridgehead atoms. The van der Waals surface area contributed by atoms with Gasteiger partial charge in [-0.3, -0.25) is 4.79 Å². The molecule has 0 spiro atoms. The average molecular weight is 218 g/mol. The summed E-state index contributed by atoms with van der Waals surface area (Å²) in [6, 6.07) is -0.522. The number of hydrogen-bond acceptors (Lipinski definition) is 5. The molecule has 1 unspecified atom stereocenters. The van der Waals surface area contributed by atoms with Crippen LogP contribution in [-0.2, 0) is 14.3 Å². The predicted octanol–water partition coefficient (Wildman–Crippen LogP) is -0.155. The fourth-order valence-corrected chi connectivity index (χ4v) is 1.24. The van der Waals surface area contributed by atoms with E-state index in [-0.39, 0.29) is 5.97 Å². The lowest BCUT2D eigenvalue weighted by atomic mass is 10.2. The maximum atomic E-state index is 11.0. The van der Waals surface area contributed by atoms with E-state index in [1.54, 1.807) is 7.11 Å². The van der Waals surface area contributed by atoms with E-state index in [1.807, 2.05) is 0 Å². The lowest BCUT2D eigenvalue weighted by molar-refractivity contribution is -0.142. The third-order valence-corrected chi connectivity index (χ3v) is 2.32. The van der Waals surface area contributed by atoms with Gasteiger partial charge in [-0.2, -0.15) is 0 Å². The summed E-state index contributed by atoms with van der Waals surface area (Å²) in [5, 5.41) is 0. The summed E-state index contributed by atoms with van der Waals surface area (Å²) in [6.45, 7) is 5.34. The van der Waals surface area contributed by atoms with Crippen molar-refractivity contribution >= 4 is 5.97 Å². The van der Waals surface area contributed by atoms with Crippen molar-refractivity contribution in [1.29, 1.82) is 0 Å². The van der Waals surface area contributed by atoms with Crippen LogP contribution >= 0.6 is 0 Å². The maximum absolute atomic E-state index is 11.0. The van der Waals surface area contributed by atoms with E-state index in [0.29, 0.717) is 13.0 Å². The van der Waals surface area contributed by atoms with Crippen LogP contribution in [-0.4, -0.2) is 57.4 Å². The number of rotatable bonds is 8. The minimum absolute atomic E-state index is 0.349. The van der Waals surface area contributed by atoms with Crippen molar-refractivity contribution in [2.75, 3.05) is 40.5 Å². The maximum Gasteiger partial charge on any atom is 0.322 e. The predicted molar refractivity (Wildman–Crippen MR) is 58.6 cm³/mol. The van der Waals surface area contributed by atoms with Crippen LogP contribution in [0.4, 0.5) is 0 Å². The summed E-state index contributed by atoms with van der Waals surface area (Å²) in [6.07, 6.45) is 0.615. The molecule has 0 saturated carbocycles. The number of esters is 1. The normalized spacial score (nSPS) is 12.9. The van der Waals surface area contributed by atoms with Gasteiger partial charge in [0.05, 0.1) is 13.7 Å². The summed E-state index contributed by atoms with van der Waals surface area (Å²) in [4.78, 5) is 13.2. The Bertz CT molecular complexity index is 176. The number of hydrogen-bond donors (Lipinski definition) is 1. The minimum Gasteiger partial charge on any atom is -0.468 e. The van der Waals surface area contributed by atoms with Crippen molar-refractivity contribution in [2.45, 2.75) is 19.4 Å². The standard InChI is InChI=1S/C10H22N2O3/c1-4-12(7-8-14-2)6-5-9(11)10(13)15-3/h9H,4-8,11H2,1-3H3. The van der Waals surface area contributed by atoms with Gasteiger partial charge < -0.3 is 20.1 Å². The zero-order valence-corrected chi connectivity index (χ0v) is 9.86. The molecule has 0 aliphatic heterocycles. The summed E-state index contributed by atoms with van der Waals surface area (Å²) in [7, 11) is 3.03. The van der Waals surface area contributed by atoms with Gasteiger partial charge in [0.15, 0.2) is 0 Å². The first-order chi connectivity index (χ1) is 7.15. The number of carbonyl (C=O) groups excluding carboxylic acids is 1. The Morgan fingerprint density at radius 2 is 2.07 bits per heavy atom. The molecule has 0 rings (SSSR count). The van der Waals surface area contributed by atoms with E-state index in [4.69, 9.17) is 10.5 Å². The fraction of sp³-hybridized carbons (Fsp3) is 0.900. The number of nitrogens with zero attached hydrogens (tertiary/aromatic N) is 1. The number of likely N-dealkylation sites (N-methyl/N-ethyl adjacent to an activating group) is 1. The van der Waals surface area contributed by atoms with Crippen molar-refractivity contribution in [2.24, 2.45) is 5.73 Å². The van der Waals surface area contributed by atoms with Crippen molar-refractivity contribution in [1.82, 2.24) is 4.90 Å². The van der Waals surface area contributed by atoms with Crippen molar-refractivity contribution in [3.05, 3.63) is 0 Å². The van der Waals surface area contributed by atoms with Crippen LogP contribution in [0.1, 0.15) is 13.3 Å². The van der Waals surface area contributed by atoms with Crippen molar-refractivity contribution in [3.8, 4) is 0 Å². The molecule has 5 heteroatoms. The van der Waals surface area contributed by atoms with Crippen LogP contribution in [0.3, 0.4) is 0 Å². The van der Waals surface area contributed by atoms with E-state index in [1.165, 1.54) is 7.11 Å². The zero-order chi connectivity index (χ0) is 11.7. The molecule has 0 radical (unpaired) electrons. The average Bonchev–Trinajstić information content (AvgIpc) is 2.27. The largest absolute Gasteiger partial charge is 0.468 e. The molecule has 0 amide bonds. The van der Waals surface area contributed by atoms with Gasteiger partial charge in [0.25, 0.3) is 0 Å². The number of carbonyl (C=O) groups is 1. The second kappa shape index (κ2) is 8.64. The van der Waals surface area contributed by atoms with E-state index >= 15 is 0 Å². The van der Waals surface area contributed by atoms with Crippen LogP contribution in [0.15, 0.2) is 0 Å². The third-order valence-electron chi connectivity index (χ3n) is 2.32. The molecule has 0 fully saturated rings. The number of nitrogens with two attached hydrogens (primary N) is 1. The molecule has 0 aliphatic carbocycles. The Morgan fingerprint density at radius 3 is 2.53 bits per heavy atom. The molecule has 5 nitrogen and oxygen atoms in total. The molecular weight excluding hydrogens is 196 g/mol. The first kappa shape index (κ1) is 14.3. The van der Waals surface area contributed by atoms with Gasteiger partial charge in [0, 0.05) is 20.2 Å². The number of methoxy groups -OCH3 is 2. The van der Waals surface area contributed by atoms with Crippen molar-refractivity contribution in [3.63, 3.8) is 0 Å². The Hall–Kier alpha value is -0.650. The highest BCUT2D eigenvalue weighted by atomic mass is 16.5. The molecule has 0 aromatic rings. The zero-order valence-electron chi connectivity index (χ0n) is 9.86. The van der Waals surface area contributed by atoms with Crippen LogP contribution in [0.25, 0.3) is 0 Å². The molecule has 15 heavy (non-hydrogen) atoms. The third kappa shape index (κ3) is 6.43. The van der Waals surface area contributed by atoms with E-state index in [2.05, 4.69) is 16.6 Å². The van der Waals surface area contributed by atoms with E-state index < -0.39 is 6.04 Å². The summed E-state index contributed by atoms with van der Waals surface area (Å²) >= 11 is 0. The van der Waals surface area contributed by atoms with Crippen LogP contribution in [0.2, 0.25) is 0 Å². The molecule has 0 saturated heterocycles. The second-order valence-electron chi connectivity index (χ2n) is 3.35. The van der Waals surface area contributed by atoms with Crippen LogP contribution in [0.5, 0.6) is 0 Å². The Balaban J connectivity index is 3.74. The molecular formula is C10H22N2O3. The second-order valence-corrected chi connectivity index (χ2v) is 3.35. The summed E-state index contributed by atoms with van der Waals surface area (Å²) in [5.74, 6) is -0.349. The highest BCUT2D eigenvalue weighted by molar-refractivity contribution is 5.75. The van der Waals surface area contributed by atoms with Gasteiger partial charge in [-0.05, 0) is 13.0 Å². The molecule has 0 heterocycles. The van der Waals surface area contributed by atoms with E-state index in [9.17, 15) is 4.79 Å². The van der Waals surface area contributed by atoms with Gasteiger partial charge in [0.2, 0.25) is 0 Å². The highest BCUT2D eigenvalue weighted by Gasteiger charge is 2.14. The highest BCUT2D eigenvalue weighted by Crippen LogP contribution is 1.96. The quantitative estimate of drug-likeness (QED) is 0.574. The SMILES string of the molecule is CCN(CCOC)CCC(N)C(=O)OC. The first-order valence-electron chi connectivity index (χ1n) is 5.20. The van der Waals surface area contributed by atoms with Gasteiger partial charge >= 0.3 is 5.97 Å². The Labute approximate surface area is 91.5 Å². The topological polar surface area (TPSA) is 64.8 Å². The van der Waals surface area contributed by atoms with Gasteiger partial charge in [-0.15, -0.1) is 0 Å². The summed E-state index contributed by atoms with van der Waals surface area (Å²) in [5.41, 5.74) is 5.63. The van der Waals surface area contributed by atoms with Gasteiger partial charge in [-0.1, -0.05) is 6.92 Å². The Kier molecular flexibility index (Phi) is 8.27. The molecule has 0 aliphatic rings. The lowest BCUT2D eigenvalue weighted by Crippen LogP contribution is -2.37. The van der Waals surface area contributed by atoms with Gasteiger partial charge in [0.1, 0.15) is 6.04 Å². The Morgan fingerprint density at radius 1 is 1.40 bits per heavy atom. The lowest BCUT2D eigenvalue weighted by Gasteiger charge is -2.21. The van der Waals surface area contributed by atoms with Crippen LogP contribution < -0.4 is 5.73 Å². The van der Waals surface area contributed by atoms with Gasteiger partial charge in [-0.25, -0.2) is 0 Å². The van der Waals surface area contributed by atoms with Crippen molar-refractivity contribution < 1.29 is 14.3 Å². The molecule has 2 N–H and O–H groups in total. The fourth-order valence-electron chi connectivity index (χ4n) is 1.24. The van der Waals surface area contributed by atoms with Crippen LogP contribution in [0, 0.1) is 0 Å². The molecule has 1 atom stereocenters.